The maximum absolute atomic E-state index is 12.7. The van der Waals surface area contributed by atoms with Crippen molar-refractivity contribution in [1.29, 1.82) is 0 Å². The Labute approximate surface area is 176 Å². The predicted octanol–water partition coefficient (Wildman–Crippen LogP) is 5.21. The molecule has 1 amide bonds. The van der Waals surface area contributed by atoms with Gasteiger partial charge >= 0.3 is 0 Å². The molecule has 1 aromatic heterocycles. The molecule has 3 aromatic carbocycles. The Kier molecular flexibility index (Phi) is 5.85. The van der Waals surface area contributed by atoms with Gasteiger partial charge in [-0.1, -0.05) is 78.9 Å². The van der Waals surface area contributed by atoms with Crippen molar-refractivity contribution < 1.29 is 4.79 Å². The maximum atomic E-state index is 12.7. The summed E-state index contributed by atoms with van der Waals surface area (Å²) < 4.78 is 1.87. The summed E-state index contributed by atoms with van der Waals surface area (Å²) in [6.07, 6.45) is 5.45. The summed E-state index contributed by atoms with van der Waals surface area (Å²) in [5.74, 6) is -0.0506. The van der Waals surface area contributed by atoms with Crippen LogP contribution in [-0.4, -0.2) is 27.6 Å². The highest BCUT2D eigenvalue weighted by Gasteiger charge is 2.15. The van der Waals surface area contributed by atoms with Crippen molar-refractivity contribution >= 4 is 12.0 Å². The van der Waals surface area contributed by atoms with E-state index < -0.39 is 0 Å². The zero-order chi connectivity index (χ0) is 20.8. The highest BCUT2D eigenvalue weighted by molar-refractivity contribution is 5.91. The largest absolute Gasteiger partial charge is 0.338 e. The van der Waals surface area contributed by atoms with Crippen molar-refractivity contribution in [1.82, 2.24) is 14.7 Å². The van der Waals surface area contributed by atoms with Crippen LogP contribution in [0, 0.1) is 0 Å². The smallest absolute Gasteiger partial charge is 0.246 e. The van der Waals surface area contributed by atoms with E-state index in [0.717, 1.165) is 28.1 Å². The van der Waals surface area contributed by atoms with Gasteiger partial charge in [-0.3, -0.25) is 4.79 Å². The molecule has 0 spiro atoms. The average molecular weight is 393 g/mol. The molecule has 4 heteroatoms. The molecule has 0 fully saturated rings. The van der Waals surface area contributed by atoms with Gasteiger partial charge in [-0.2, -0.15) is 5.10 Å². The van der Waals surface area contributed by atoms with Crippen molar-refractivity contribution in [2.75, 3.05) is 7.05 Å². The lowest BCUT2D eigenvalue weighted by Gasteiger charge is -2.15. The van der Waals surface area contributed by atoms with Crippen LogP contribution in [0.3, 0.4) is 0 Å². The van der Waals surface area contributed by atoms with Crippen LogP contribution in [0.5, 0.6) is 0 Å². The monoisotopic (exact) mass is 393 g/mol. The van der Waals surface area contributed by atoms with Crippen LogP contribution >= 0.6 is 0 Å². The first-order chi connectivity index (χ1) is 14.7. The second-order valence-corrected chi connectivity index (χ2v) is 7.09. The topological polar surface area (TPSA) is 38.1 Å². The fraction of sp³-hybridized carbons (Fsp3) is 0.0769. The molecular formula is C26H23N3O. The third-order valence-electron chi connectivity index (χ3n) is 4.86. The van der Waals surface area contributed by atoms with E-state index in [1.54, 1.807) is 11.0 Å². The van der Waals surface area contributed by atoms with Crippen molar-refractivity contribution in [3.05, 3.63) is 114 Å². The van der Waals surface area contributed by atoms with E-state index in [0.29, 0.717) is 6.54 Å². The molecule has 0 unspecified atom stereocenters. The summed E-state index contributed by atoms with van der Waals surface area (Å²) in [7, 11) is 1.81. The Hall–Kier alpha value is -3.92. The maximum Gasteiger partial charge on any atom is 0.246 e. The number of benzene rings is 3. The summed E-state index contributed by atoms with van der Waals surface area (Å²) in [4.78, 5) is 14.4. The van der Waals surface area contributed by atoms with E-state index in [1.165, 1.54) is 0 Å². The Morgan fingerprint density at radius 1 is 0.900 bits per heavy atom. The third kappa shape index (κ3) is 4.55. The second kappa shape index (κ2) is 9.05. The van der Waals surface area contributed by atoms with Gasteiger partial charge in [0.25, 0.3) is 0 Å². The van der Waals surface area contributed by atoms with Gasteiger partial charge in [0.1, 0.15) is 0 Å². The average Bonchev–Trinajstić information content (AvgIpc) is 3.23. The van der Waals surface area contributed by atoms with Gasteiger partial charge in [-0.05, 0) is 23.8 Å². The first-order valence-electron chi connectivity index (χ1n) is 9.88. The molecule has 4 rings (SSSR count). The van der Waals surface area contributed by atoms with Crippen LogP contribution in [0.2, 0.25) is 0 Å². The van der Waals surface area contributed by atoms with Gasteiger partial charge in [0.2, 0.25) is 5.91 Å². The Morgan fingerprint density at radius 3 is 2.17 bits per heavy atom. The van der Waals surface area contributed by atoms with Crippen molar-refractivity contribution in [2.45, 2.75) is 6.54 Å². The van der Waals surface area contributed by atoms with Gasteiger partial charge < -0.3 is 4.90 Å². The van der Waals surface area contributed by atoms with E-state index in [9.17, 15) is 4.79 Å². The predicted molar refractivity (Wildman–Crippen MR) is 121 cm³/mol. The quantitative estimate of drug-likeness (QED) is 0.422. The summed E-state index contributed by atoms with van der Waals surface area (Å²) in [6.45, 7) is 0.467. The lowest BCUT2D eigenvalue weighted by Crippen LogP contribution is -2.24. The zero-order valence-corrected chi connectivity index (χ0v) is 16.8. The van der Waals surface area contributed by atoms with E-state index >= 15 is 0 Å². The lowest BCUT2D eigenvalue weighted by molar-refractivity contribution is -0.125. The number of aromatic nitrogens is 2. The van der Waals surface area contributed by atoms with Gasteiger partial charge in [-0.25, -0.2) is 4.68 Å². The van der Waals surface area contributed by atoms with E-state index in [1.807, 2.05) is 115 Å². The number of likely N-dealkylation sites (N-methyl/N-ethyl adjacent to an activating group) is 1. The van der Waals surface area contributed by atoms with Crippen LogP contribution in [0.15, 0.2) is 103 Å². The van der Waals surface area contributed by atoms with Crippen molar-refractivity contribution in [2.24, 2.45) is 0 Å². The summed E-state index contributed by atoms with van der Waals surface area (Å²) in [6, 6.07) is 29.9. The summed E-state index contributed by atoms with van der Waals surface area (Å²) >= 11 is 0. The van der Waals surface area contributed by atoms with Crippen molar-refractivity contribution in [3.8, 4) is 16.9 Å². The molecular weight excluding hydrogens is 370 g/mol. The number of hydrogen-bond acceptors (Lipinski definition) is 2. The highest BCUT2D eigenvalue weighted by atomic mass is 16.2. The number of para-hydroxylation sites is 1. The molecule has 1 heterocycles. The van der Waals surface area contributed by atoms with Crippen LogP contribution in [0.25, 0.3) is 23.0 Å². The molecule has 0 aliphatic rings. The first-order valence-corrected chi connectivity index (χ1v) is 9.88. The third-order valence-corrected chi connectivity index (χ3v) is 4.86. The Balaban J connectivity index is 1.60. The second-order valence-electron chi connectivity index (χ2n) is 7.09. The number of nitrogens with zero attached hydrogens (tertiary/aromatic N) is 3. The molecule has 0 saturated heterocycles. The van der Waals surface area contributed by atoms with E-state index in [4.69, 9.17) is 5.10 Å². The minimum Gasteiger partial charge on any atom is -0.338 e. The zero-order valence-electron chi connectivity index (χ0n) is 16.8. The minimum atomic E-state index is -0.0506. The first kappa shape index (κ1) is 19.4. The van der Waals surface area contributed by atoms with Crippen molar-refractivity contribution in [3.63, 3.8) is 0 Å². The van der Waals surface area contributed by atoms with E-state index in [2.05, 4.69) is 0 Å². The van der Waals surface area contributed by atoms with Crippen LogP contribution in [0.4, 0.5) is 0 Å². The van der Waals surface area contributed by atoms with Gasteiger partial charge in [0.15, 0.2) is 0 Å². The number of hydrogen-bond donors (Lipinski definition) is 0. The number of carbonyl (C=O) groups excluding carboxylic acids is 1. The minimum absolute atomic E-state index is 0.0506. The SMILES string of the molecule is CN(Cc1cn(-c2ccccc2)nc1-c1ccccc1)C(=O)/C=C/c1ccccc1. The van der Waals surface area contributed by atoms with Gasteiger partial charge in [-0.15, -0.1) is 0 Å². The molecule has 0 bridgehead atoms. The summed E-state index contributed by atoms with van der Waals surface area (Å²) in [5.41, 5.74) is 4.89. The number of rotatable bonds is 6. The molecule has 0 atom stereocenters. The van der Waals surface area contributed by atoms with Gasteiger partial charge in [0.05, 0.1) is 11.4 Å². The lowest BCUT2D eigenvalue weighted by atomic mass is 10.1. The molecule has 148 valence electrons. The molecule has 0 aliphatic heterocycles. The molecule has 0 saturated carbocycles. The van der Waals surface area contributed by atoms with E-state index in [-0.39, 0.29) is 5.91 Å². The molecule has 30 heavy (non-hydrogen) atoms. The number of carbonyl (C=O) groups is 1. The van der Waals surface area contributed by atoms with Gasteiger partial charge in [0, 0.05) is 37.0 Å². The molecule has 4 nitrogen and oxygen atoms in total. The fourth-order valence-electron chi connectivity index (χ4n) is 3.27. The van der Waals surface area contributed by atoms with Crippen LogP contribution < -0.4 is 0 Å². The van der Waals surface area contributed by atoms with Crippen LogP contribution in [0.1, 0.15) is 11.1 Å². The Bertz CT molecular complexity index is 1130. The molecule has 0 N–H and O–H groups in total. The Morgan fingerprint density at radius 2 is 1.50 bits per heavy atom. The summed E-state index contributed by atoms with van der Waals surface area (Å²) in [5, 5.41) is 4.82. The molecule has 0 radical (unpaired) electrons. The molecule has 0 aliphatic carbocycles. The van der Waals surface area contributed by atoms with Crippen LogP contribution in [-0.2, 0) is 11.3 Å². The number of amides is 1. The fourth-order valence-corrected chi connectivity index (χ4v) is 3.27. The molecule has 4 aromatic rings. The standard InChI is InChI=1S/C26H23N3O/c1-28(25(30)18-17-21-11-5-2-6-12-21)19-23-20-29(24-15-9-4-10-16-24)27-26(23)22-13-7-3-8-14-22/h2-18,20H,19H2,1H3/b18-17+. The normalized spacial score (nSPS) is 11.0. The highest BCUT2D eigenvalue weighted by Crippen LogP contribution is 2.24.